The molecule has 0 amide bonds. The molecule has 3 rings (SSSR count). The van der Waals surface area contributed by atoms with E-state index in [1.54, 1.807) is 7.11 Å². The molecule has 0 bridgehead atoms. The third-order valence-electron chi connectivity index (χ3n) is 4.39. The Morgan fingerprint density at radius 3 is 2.39 bits per heavy atom. The van der Waals surface area contributed by atoms with E-state index in [4.69, 9.17) is 14.2 Å². The topological polar surface area (TPSA) is 47.9 Å². The summed E-state index contributed by atoms with van der Waals surface area (Å²) >= 11 is 0. The van der Waals surface area contributed by atoms with Crippen LogP contribution in [0.1, 0.15) is 25.8 Å². The highest BCUT2D eigenvalue weighted by molar-refractivity contribution is 5.57. The van der Waals surface area contributed by atoms with E-state index < -0.39 is 0 Å². The molecule has 1 N–H and O–H groups in total. The van der Waals surface area contributed by atoms with Gasteiger partial charge in [-0.3, -0.25) is 0 Å². The highest BCUT2D eigenvalue weighted by atomic mass is 16.7. The first-order chi connectivity index (χ1) is 8.54. The predicted octanol–water partition coefficient (Wildman–Crippen LogP) is 2.08. The Hall–Kier alpha value is -1.42. The zero-order valence-corrected chi connectivity index (χ0v) is 10.9. The van der Waals surface area contributed by atoms with Gasteiger partial charge in [0.2, 0.25) is 6.79 Å². The van der Waals surface area contributed by atoms with Gasteiger partial charge in [-0.25, -0.2) is 0 Å². The largest absolute Gasteiger partial charge is 0.496 e. The molecule has 4 nitrogen and oxygen atoms in total. The lowest BCUT2D eigenvalue weighted by molar-refractivity contribution is 0.173. The fraction of sp³-hybridized carbons (Fsp3) is 0.571. The van der Waals surface area contributed by atoms with Crippen molar-refractivity contribution in [3.05, 3.63) is 17.7 Å². The molecule has 1 aromatic rings. The van der Waals surface area contributed by atoms with E-state index in [-0.39, 0.29) is 24.2 Å². The molecule has 4 heteroatoms. The fourth-order valence-electron chi connectivity index (χ4n) is 2.99. The Morgan fingerprint density at radius 1 is 1.28 bits per heavy atom. The number of fused-ring (bicyclic) bond motifs is 1. The molecule has 98 valence electrons. The normalized spacial score (nSPS) is 27.1. The Kier molecular flexibility index (Phi) is 2.29. The van der Waals surface area contributed by atoms with Crippen molar-refractivity contribution >= 4 is 0 Å². The summed E-state index contributed by atoms with van der Waals surface area (Å²) in [5, 5.41) is 9.79. The molecule has 2 aliphatic rings. The lowest BCUT2D eigenvalue weighted by Gasteiger charge is -2.21. The van der Waals surface area contributed by atoms with Crippen molar-refractivity contribution in [2.45, 2.75) is 25.7 Å². The van der Waals surface area contributed by atoms with E-state index >= 15 is 0 Å². The van der Waals surface area contributed by atoms with Crippen molar-refractivity contribution < 1.29 is 19.3 Å². The molecule has 1 saturated carbocycles. The van der Waals surface area contributed by atoms with Crippen LogP contribution in [0.4, 0.5) is 0 Å². The van der Waals surface area contributed by atoms with Gasteiger partial charge in [0.05, 0.1) is 13.7 Å². The Morgan fingerprint density at radius 2 is 1.89 bits per heavy atom. The van der Waals surface area contributed by atoms with Crippen molar-refractivity contribution in [1.29, 1.82) is 0 Å². The molecule has 1 fully saturated rings. The van der Waals surface area contributed by atoms with Gasteiger partial charge in [0.25, 0.3) is 0 Å². The zero-order valence-electron chi connectivity index (χ0n) is 10.9. The van der Waals surface area contributed by atoms with Crippen LogP contribution >= 0.6 is 0 Å². The third kappa shape index (κ3) is 1.35. The Bertz CT molecular complexity index is 495. The molecule has 1 aromatic carbocycles. The van der Waals surface area contributed by atoms with Crippen LogP contribution in [0.15, 0.2) is 12.1 Å². The number of benzene rings is 1. The van der Waals surface area contributed by atoms with E-state index in [2.05, 4.69) is 13.8 Å². The highest BCUT2D eigenvalue weighted by Gasteiger charge is 2.63. The van der Waals surface area contributed by atoms with Gasteiger partial charge in [-0.2, -0.15) is 0 Å². The van der Waals surface area contributed by atoms with Crippen LogP contribution in [-0.2, 0) is 5.41 Å². The van der Waals surface area contributed by atoms with Crippen LogP contribution in [0.3, 0.4) is 0 Å². The lowest BCUT2D eigenvalue weighted by atomic mass is 9.87. The second-order valence-corrected chi connectivity index (χ2v) is 5.71. The summed E-state index contributed by atoms with van der Waals surface area (Å²) in [5.41, 5.74) is 0.879. The standard InChI is InChI=1S/C14H18O4/c1-13(2)6-14(13,7-15)9-4-11-12(18-8-17-11)5-10(9)16-3/h4-5,15H,6-8H2,1-3H3. The summed E-state index contributed by atoms with van der Waals surface area (Å²) < 4.78 is 16.2. The smallest absolute Gasteiger partial charge is 0.231 e. The van der Waals surface area contributed by atoms with Crippen molar-refractivity contribution in [3.63, 3.8) is 0 Å². The van der Waals surface area contributed by atoms with Crippen molar-refractivity contribution in [2.24, 2.45) is 5.41 Å². The Labute approximate surface area is 106 Å². The van der Waals surface area contributed by atoms with Crippen LogP contribution in [-0.4, -0.2) is 25.6 Å². The van der Waals surface area contributed by atoms with Gasteiger partial charge in [-0.1, -0.05) is 13.8 Å². The monoisotopic (exact) mass is 250 g/mol. The quantitative estimate of drug-likeness (QED) is 0.892. The van der Waals surface area contributed by atoms with E-state index in [0.717, 1.165) is 23.5 Å². The van der Waals surface area contributed by atoms with Crippen LogP contribution in [0, 0.1) is 5.41 Å². The van der Waals surface area contributed by atoms with Crippen LogP contribution in [0.25, 0.3) is 0 Å². The van der Waals surface area contributed by atoms with Crippen LogP contribution in [0.5, 0.6) is 17.2 Å². The van der Waals surface area contributed by atoms with Gasteiger partial charge in [-0.15, -0.1) is 0 Å². The molecule has 0 aromatic heterocycles. The fourth-order valence-corrected chi connectivity index (χ4v) is 2.99. The highest BCUT2D eigenvalue weighted by Crippen LogP contribution is 2.66. The molecule has 0 radical (unpaired) electrons. The molecule has 1 atom stereocenters. The Balaban J connectivity index is 2.12. The summed E-state index contributed by atoms with van der Waals surface area (Å²) in [7, 11) is 1.64. The summed E-state index contributed by atoms with van der Waals surface area (Å²) in [6, 6.07) is 3.80. The first-order valence-corrected chi connectivity index (χ1v) is 6.13. The number of aliphatic hydroxyl groups excluding tert-OH is 1. The first kappa shape index (κ1) is 11.7. The molecule has 0 saturated heterocycles. The second kappa shape index (κ2) is 3.54. The third-order valence-corrected chi connectivity index (χ3v) is 4.39. The molecule has 1 aliphatic carbocycles. The van der Waals surface area contributed by atoms with Crippen LogP contribution in [0.2, 0.25) is 0 Å². The number of hydrogen-bond donors (Lipinski definition) is 1. The molecule has 0 spiro atoms. The van der Waals surface area contributed by atoms with E-state index in [1.807, 2.05) is 12.1 Å². The summed E-state index contributed by atoms with van der Waals surface area (Å²) in [6.45, 7) is 4.69. The average Bonchev–Trinajstić information content (AvgIpc) is 2.73. The summed E-state index contributed by atoms with van der Waals surface area (Å²) in [6.07, 6.45) is 0.951. The summed E-state index contributed by atoms with van der Waals surface area (Å²) in [5.74, 6) is 2.21. The van der Waals surface area contributed by atoms with Gasteiger partial charge in [0.1, 0.15) is 5.75 Å². The maximum absolute atomic E-state index is 9.79. The van der Waals surface area contributed by atoms with Gasteiger partial charge < -0.3 is 19.3 Å². The van der Waals surface area contributed by atoms with Crippen molar-refractivity contribution in [3.8, 4) is 17.2 Å². The number of hydrogen-bond acceptors (Lipinski definition) is 4. The number of aliphatic hydroxyl groups is 1. The van der Waals surface area contributed by atoms with Gasteiger partial charge in [0, 0.05) is 17.0 Å². The van der Waals surface area contributed by atoms with Gasteiger partial charge in [-0.05, 0) is 17.9 Å². The van der Waals surface area contributed by atoms with E-state index in [9.17, 15) is 5.11 Å². The molecule has 18 heavy (non-hydrogen) atoms. The molecular weight excluding hydrogens is 232 g/mol. The van der Waals surface area contributed by atoms with E-state index in [0.29, 0.717) is 5.75 Å². The van der Waals surface area contributed by atoms with E-state index in [1.165, 1.54) is 0 Å². The number of ether oxygens (including phenoxy) is 3. The van der Waals surface area contributed by atoms with Crippen LogP contribution < -0.4 is 14.2 Å². The molecular formula is C14H18O4. The maximum Gasteiger partial charge on any atom is 0.231 e. The molecule has 1 unspecified atom stereocenters. The average molecular weight is 250 g/mol. The molecule has 1 aliphatic heterocycles. The van der Waals surface area contributed by atoms with Crippen molar-refractivity contribution in [1.82, 2.24) is 0 Å². The number of rotatable bonds is 3. The second-order valence-electron chi connectivity index (χ2n) is 5.71. The first-order valence-electron chi connectivity index (χ1n) is 6.13. The summed E-state index contributed by atoms with van der Waals surface area (Å²) in [4.78, 5) is 0. The zero-order chi connectivity index (χ0) is 13.0. The maximum atomic E-state index is 9.79. The SMILES string of the molecule is COc1cc2c(cc1C1(CO)CC1(C)C)OCO2. The number of methoxy groups -OCH3 is 1. The minimum atomic E-state index is -0.223. The lowest BCUT2D eigenvalue weighted by Crippen LogP contribution is -2.20. The van der Waals surface area contributed by atoms with Gasteiger partial charge in [0.15, 0.2) is 11.5 Å². The minimum absolute atomic E-state index is 0.0860. The van der Waals surface area contributed by atoms with Gasteiger partial charge >= 0.3 is 0 Å². The molecule has 1 heterocycles. The van der Waals surface area contributed by atoms with Crippen molar-refractivity contribution in [2.75, 3.05) is 20.5 Å². The predicted molar refractivity (Wildman–Crippen MR) is 66.3 cm³/mol. The minimum Gasteiger partial charge on any atom is -0.496 e.